The number of rotatable bonds is 3. The minimum atomic E-state index is 0.687. The van der Waals surface area contributed by atoms with Gasteiger partial charge in [0.25, 0.3) is 0 Å². The van der Waals surface area contributed by atoms with E-state index in [1.807, 2.05) is 30.3 Å². The third-order valence-corrected chi connectivity index (χ3v) is 3.66. The third-order valence-electron chi connectivity index (χ3n) is 3.66. The largest absolute Gasteiger partial charge is 0.370 e. The molecule has 1 aromatic carbocycles. The summed E-state index contributed by atoms with van der Waals surface area (Å²) < 4.78 is 0. The van der Waals surface area contributed by atoms with Crippen LogP contribution < -0.4 is 5.32 Å². The van der Waals surface area contributed by atoms with Crippen molar-refractivity contribution in [2.24, 2.45) is 11.8 Å². The van der Waals surface area contributed by atoms with Crippen LogP contribution in [-0.4, -0.2) is 11.5 Å². The van der Waals surface area contributed by atoms with Crippen LogP contribution in [0.4, 0.5) is 5.82 Å². The maximum atomic E-state index is 9.19. The Morgan fingerprint density at radius 3 is 2.94 bits per heavy atom. The number of hydrogen-bond acceptors (Lipinski definition) is 3. The summed E-state index contributed by atoms with van der Waals surface area (Å²) in [5.74, 6) is 2.40. The van der Waals surface area contributed by atoms with E-state index in [1.165, 1.54) is 6.42 Å². The molecule has 0 spiro atoms. The Bertz CT molecular complexity index is 627. The zero-order valence-electron chi connectivity index (χ0n) is 10.4. The van der Waals surface area contributed by atoms with E-state index < -0.39 is 0 Å². The van der Waals surface area contributed by atoms with Crippen molar-refractivity contribution in [2.45, 2.75) is 13.3 Å². The van der Waals surface area contributed by atoms with E-state index >= 15 is 0 Å². The quantitative estimate of drug-likeness (QED) is 0.892. The maximum Gasteiger partial charge on any atom is 0.127 e. The molecule has 3 heteroatoms. The molecule has 1 aliphatic rings. The molecule has 2 atom stereocenters. The van der Waals surface area contributed by atoms with Gasteiger partial charge in [-0.05, 0) is 30.4 Å². The predicted octanol–water partition coefficient (Wildman–Crippen LogP) is 3.17. The zero-order valence-corrected chi connectivity index (χ0v) is 10.4. The number of pyridine rings is 1. The zero-order chi connectivity index (χ0) is 12.5. The number of nitrogens with one attached hydrogen (secondary N) is 1. The third kappa shape index (κ3) is 2.02. The highest BCUT2D eigenvalue weighted by Crippen LogP contribution is 2.37. The van der Waals surface area contributed by atoms with Crippen molar-refractivity contribution in [3.8, 4) is 6.07 Å². The van der Waals surface area contributed by atoms with Gasteiger partial charge >= 0.3 is 0 Å². The fourth-order valence-electron chi connectivity index (χ4n) is 2.28. The molecule has 0 radical (unpaired) electrons. The van der Waals surface area contributed by atoms with Crippen LogP contribution in [0.3, 0.4) is 0 Å². The van der Waals surface area contributed by atoms with E-state index in [9.17, 15) is 5.26 Å². The Hall–Kier alpha value is -2.08. The molecule has 0 bridgehead atoms. The van der Waals surface area contributed by atoms with Gasteiger partial charge in [-0.1, -0.05) is 25.1 Å². The van der Waals surface area contributed by atoms with Gasteiger partial charge in [0.05, 0.1) is 17.1 Å². The molecule has 3 rings (SSSR count). The molecule has 3 nitrogen and oxygen atoms in total. The number of nitrogens with zero attached hydrogens (tertiary/aromatic N) is 2. The molecule has 0 amide bonds. The first-order valence-corrected chi connectivity index (χ1v) is 6.31. The van der Waals surface area contributed by atoms with Gasteiger partial charge in [0.1, 0.15) is 5.82 Å². The van der Waals surface area contributed by atoms with Gasteiger partial charge < -0.3 is 5.32 Å². The van der Waals surface area contributed by atoms with Crippen LogP contribution in [0.15, 0.2) is 30.3 Å². The summed E-state index contributed by atoms with van der Waals surface area (Å²) in [6, 6.07) is 11.9. The highest BCUT2D eigenvalue weighted by molar-refractivity contribution is 5.86. The number of aromatic nitrogens is 1. The van der Waals surface area contributed by atoms with Crippen LogP contribution in [0.5, 0.6) is 0 Å². The second kappa shape index (κ2) is 4.30. The van der Waals surface area contributed by atoms with Crippen molar-refractivity contribution >= 4 is 16.7 Å². The average molecular weight is 237 g/mol. The highest BCUT2D eigenvalue weighted by atomic mass is 15.0. The molecule has 1 heterocycles. The molecule has 90 valence electrons. The number of hydrogen-bond donors (Lipinski definition) is 1. The number of fused-ring (bicyclic) bond motifs is 1. The molecule has 18 heavy (non-hydrogen) atoms. The highest BCUT2D eigenvalue weighted by Gasteiger charge is 2.31. The van der Waals surface area contributed by atoms with E-state index in [4.69, 9.17) is 0 Å². The Balaban J connectivity index is 1.90. The van der Waals surface area contributed by atoms with Gasteiger partial charge in [0.15, 0.2) is 0 Å². The van der Waals surface area contributed by atoms with Gasteiger partial charge in [-0.25, -0.2) is 4.98 Å². The Labute approximate surface area is 106 Å². The molecule has 2 unspecified atom stereocenters. The first-order chi connectivity index (χ1) is 8.78. The average Bonchev–Trinajstić information content (AvgIpc) is 3.11. The second-order valence-electron chi connectivity index (χ2n) is 5.04. The molecule has 1 N–H and O–H groups in total. The number of anilines is 1. The van der Waals surface area contributed by atoms with E-state index in [1.54, 1.807) is 0 Å². The lowest BCUT2D eigenvalue weighted by Crippen LogP contribution is -2.06. The molecule has 0 aliphatic heterocycles. The van der Waals surface area contributed by atoms with Crippen LogP contribution >= 0.6 is 0 Å². The lowest BCUT2D eigenvalue weighted by Gasteiger charge is -2.07. The topological polar surface area (TPSA) is 48.7 Å². The predicted molar refractivity (Wildman–Crippen MR) is 72.2 cm³/mol. The summed E-state index contributed by atoms with van der Waals surface area (Å²) in [5.41, 5.74) is 1.56. The van der Waals surface area contributed by atoms with Gasteiger partial charge in [-0.3, -0.25) is 0 Å². The molecule has 1 aromatic heterocycles. The van der Waals surface area contributed by atoms with Crippen molar-refractivity contribution in [3.63, 3.8) is 0 Å². The lowest BCUT2D eigenvalue weighted by atomic mass is 10.1. The summed E-state index contributed by atoms with van der Waals surface area (Å²) in [4.78, 5) is 4.55. The van der Waals surface area contributed by atoms with Crippen LogP contribution in [0.2, 0.25) is 0 Å². The molecule has 1 saturated carbocycles. The van der Waals surface area contributed by atoms with Gasteiger partial charge in [-0.2, -0.15) is 5.26 Å². The second-order valence-corrected chi connectivity index (χ2v) is 5.04. The van der Waals surface area contributed by atoms with Gasteiger partial charge in [0.2, 0.25) is 0 Å². The number of nitriles is 1. The van der Waals surface area contributed by atoms with E-state index in [-0.39, 0.29) is 0 Å². The van der Waals surface area contributed by atoms with Crippen molar-refractivity contribution in [3.05, 3.63) is 35.9 Å². The maximum absolute atomic E-state index is 9.19. The summed E-state index contributed by atoms with van der Waals surface area (Å²) in [5, 5.41) is 13.4. The molecule has 0 saturated heterocycles. The van der Waals surface area contributed by atoms with Crippen LogP contribution in [0, 0.1) is 23.2 Å². The normalized spacial score (nSPS) is 21.6. The van der Waals surface area contributed by atoms with Crippen LogP contribution in [0.1, 0.15) is 18.9 Å². The summed E-state index contributed by atoms with van der Waals surface area (Å²) in [6.45, 7) is 3.22. The summed E-state index contributed by atoms with van der Waals surface area (Å²) in [6.07, 6.45) is 1.30. The summed E-state index contributed by atoms with van der Waals surface area (Å²) in [7, 11) is 0. The minimum absolute atomic E-state index is 0.687. The van der Waals surface area contributed by atoms with E-state index in [0.717, 1.165) is 35.1 Å². The Kier molecular flexibility index (Phi) is 2.64. The van der Waals surface area contributed by atoms with Crippen LogP contribution in [-0.2, 0) is 0 Å². The standard InChI is InChI=1S/C15H15N3/c1-10-6-12(10)9-17-15-7-11(8-16)13-4-2-3-5-14(13)18-15/h2-5,7,10,12H,6,9H2,1H3,(H,17,18). The molecule has 1 fully saturated rings. The molecule has 2 aromatic rings. The monoisotopic (exact) mass is 237 g/mol. The van der Waals surface area contributed by atoms with Crippen molar-refractivity contribution in [1.29, 1.82) is 5.26 Å². The van der Waals surface area contributed by atoms with E-state index in [0.29, 0.717) is 5.56 Å². The molecular weight excluding hydrogens is 222 g/mol. The SMILES string of the molecule is CC1CC1CNc1cc(C#N)c2ccccc2n1. The molecular formula is C15H15N3. The lowest BCUT2D eigenvalue weighted by molar-refractivity contribution is 0.785. The fraction of sp³-hybridized carbons (Fsp3) is 0.333. The molecule has 1 aliphatic carbocycles. The van der Waals surface area contributed by atoms with E-state index in [2.05, 4.69) is 23.3 Å². The van der Waals surface area contributed by atoms with Crippen LogP contribution in [0.25, 0.3) is 10.9 Å². The fourth-order valence-corrected chi connectivity index (χ4v) is 2.28. The summed E-state index contributed by atoms with van der Waals surface area (Å²) >= 11 is 0. The number of benzene rings is 1. The van der Waals surface area contributed by atoms with Crippen molar-refractivity contribution in [1.82, 2.24) is 4.98 Å². The minimum Gasteiger partial charge on any atom is -0.370 e. The first kappa shape index (κ1) is 11.0. The smallest absolute Gasteiger partial charge is 0.127 e. The Morgan fingerprint density at radius 1 is 1.44 bits per heavy atom. The van der Waals surface area contributed by atoms with Gasteiger partial charge in [-0.15, -0.1) is 0 Å². The van der Waals surface area contributed by atoms with Gasteiger partial charge in [0, 0.05) is 11.9 Å². The Morgan fingerprint density at radius 2 is 2.22 bits per heavy atom. The van der Waals surface area contributed by atoms with Crippen molar-refractivity contribution in [2.75, 3.05) is 11.9 Å². The van der Waals surface area contributed by atoms with Crippen molar-refractivity contribution < 1.29 is 0 Å². The number of para-hydroxylation sites is 1. The first-order valence-electron chi connectivity index (χ1n) is 6.31.